The molecule has 1 aromatic carbocycles. The SMILES string of the molecule is C#Cc1ccc(OCCCCC(=O)O[C@H]2CC[C@@]3(C)C(=CC[C@H]4[C@@H]5CC[C@H]([C@H](C)CCCC(C)C)[C@@]5(C)CC[C@@H]43)C2)cc1. The van der Waals surface area contributed by atoms with Crippen LogP contribution in [0.1, 0.15) is 130 Å². The van der Waals surface area contributed by atoms with Crippen LogP contribution in [0.15, 0.2) is 35.9 Å². The van der Waals surface area contributed by atoms with Crippen molar-refractivity contribution in [3.63, 3.8) is 0 Å². The molecule has 236 valence electrons. The quantitative estimate of drug-likeness (QED) is 0.106. The summed E-state index contributed by atoms with van der Waals surface area (Å²) in [5, 5.41) is 0. The van der Waals surface area contributed by atoms with Gasteiger partial charge in [-0.1, -0.05) is 71.5 Å². The van der Waals surface area contributed by atoms with Crippen LogP contribution in [0, 0.1) is 58.7 Å². The van der Waals surface area contributed by atoms with Gasteiger partial charge in [-0.15, -0.1) is 6.42 Å². The fourth-order valence-electron chi connectivity index (χ4n) is 10.2. The molecule has 43 heavy (non-hydrogen) atoms. The molecule has 3 nitrogen and oxygen atoms in total. The normalized spacial score (nSPS) is 33.9. The van der Waals surface area contributed by atoms with Crippen LogP contribution in [0.25, 0.3) is 0 Å². The molecule has 5 rings (SSSR count). The summed E-state index contributed by atoms with van der Waals surface area (Å²) in [7, 11) is 0. The Bertz CT molecular complexity index is 1160. The van der Waals surface area contributed by atoms with E-state index >= 15 is 0 Å². The molecule has 0 bridgehead atoms. The molecule has 0 heterocycles. The van der Waals surface area contributed by atoms with Gasteiger partial charge in [-0.2, -0.15) is 0 Å². The molecular formula is C40H58O3. The maximum Gasteiger partial charge on any atom is 0.306 e. The molecule has 0 amide bonds. The molecule has 0 saturated heterocycles. The fraction of sp³-hybridized carbons (Fsp3) is 0.725. The van der Waals surface area contributed by atoms with Crippen molar-refractivity contribution in [2.75, 3.05) is 6.61 Å². The molecule has 0 aromatic heterocycles. The van der Waals surface area contributed by atoms with Gasteiger partial charge in [0.15, 0.2) is 0 Å². The summed E-state index contributed by atoms with van der Waals surface area (Å²) in [5.74, 6) is 8.52. The second kappa shape index (κ2) is 13.8. The van der Waals surface area contributed by atoms with Crippen LogP contribution in [-0.2, 0) is 9.53 Å². The molecule has 1 aromatic rings. The lowest BCUT2D eigenvalue weighted by Crippen LogP contribution is -2.51. The molecule has 0 aliphatic heterocycles. The second-order valence-corrected chi connectivity index (χ2v) is 15.6. The third kappa shape index (κ3) is 7.05. The second-order valence-electron chi connectivity index (χ2n) is 15.6. The van der Waals surface area contributed by atoms with Crippen molar-refractivity contribution in [2.45, 2.75) is 131 Å². The third-order valence-corrected chi connectivity index (χ3v) is 12.6. The Balaban J connectivity index is 1.09. The van der Waals surface area contributed by atoms with Crippen molar-refractivity contribution >= 4 is 5.97 Å². The van der Waals surface area contributed by atoms with E-state index < -0.39 is 0 Å². The summed E-state index contributed by atoms with van der Waals surface area (Å²) >= 11 is 0. The van der Waals surface area contributed by atoms with Gasteiger partial charge in [-0.25, -0.2) is 0 Å². The number of hydrogen-bond acceptors (Lipinski definition) is 3. The average Bonchev–Trinajstić information content (AvgIpc) is 3.34. The smallest absolute Gasteiger partial charge is 0.306 e. The lowest BCUT2D eigenvalue weighted by molar-refractivity contribution is -0.151. The van der Waals surface area contributed by atoms with Gasteiger partial charge < -0.3 is 9.47 Å². The Morgan fingerprint density at radius 1 is 0.977 bits per heavy atom. The number of carbonyl (C=O) groups is 1. The molecule has 0 radical (unpaired) electrons. The van der Waals surface area contributed by atoms with E-state index in [9.17, 15) is 4.79 Å². The molecule has 4 aliphatic carbocycles. The van der Waals surface area contributed by atoms with E-state index in [1.165, 1.54) is 57.8 Å². The predicted octanol–water partition coefficient (Wildman–Crippen LogP) is 10.2. The minimum Gasteiger partial charge on any atom is -0.494 e. The Morgan fingerprint density at radius 3 is 2.51 bits per heavy atom. The van der Waals surface area contributed by atoms with Gasteiger partial charge in [0.25, 0.3) is 0 Å². The molecule has 3 saturated carbocycles. The van der Waals surface area contributed by atoms with E-state index in [1.54, 1.807) is 5.57 Å². The van der Waals surface area contributed by atoms with E-state index in [-0.39, 0.29) is 12.1 Å². The summed E-state index contributed by atoms with van der Waals surface area (Å²) < 4.78 is 11.8. The minimum absolute atomic E-state index is 0.0469. The van der Waals surface area contributed by atoms with Crippen LogP contribution < -0.4 is 4.74 Å². The number of hydrogen-bond donors (Lipinski definition) is 0. The van der Waals surface area contributed by atoms with Crippen LogP contribution in [-0.4, -0.2) is 18.7 Å². The summed E-state index contributed by atoms with van der Waals surface area (Å²) in [4.78, 5) is 12.7. The maximum atomic E-state index is 12.7. The van der Waals surface area contributed by atoms with Gasteiger partial charge in [0.2, 0.25) is 0 Å². The third-order valence-electron chi connectivity index (χ3n) is 12.6. The van der Waals surface area contributed by atoms with Gasteiger partial charge in [-0.3, -0.25) is 4.79 Å². The number of rotatable bonds is 12. The Morgan fingerprint density at radius 2 is 1.77 bits per heavy atom. The van der Waals surface area contributed by atoms with Gasteiger partial charge in [0.1, 0.15) is 11.9 Å². The standard InChI is InChI=1S/C40H58O3/c1-7-30-14-17-32(18-15-30)42-26-9-8-13-38(41)43-33-22-24-39(5)31(27-33)16-19-34-36-21-20-35(29(4)12-10-11-28(2)3)40(36,6)25-23-37(34)39/h1,14-18,28-29,33-37H,8-13,19-27H2,2-6H3/t29-,33+,34+,35-,36+,37+,39+,40-/m1/s1. The first-order valence-electron chi connectivity index (χ1n) is 17.7. The topological polar surface area (TPSA) is 35.5 Å². The molecule has 0 N–H and O–H groups in total. The minimum atomic E-state index is -0.0470. The first-order valence-corrected chi connectivity index (χ1v) is 17.7. The summed E-state index contributed by atoms with van der Waals surface area (Å²) in [6.07, 6.45) is 24.4. The van der Waals surface area contributed by atoms with Crippen molar-refractivity contribution in [3.05, 3.63) is 41.5 Å². The molecule has 4 aliphatic rings. The van der Waals surface area contributed by atoms with E-state index in [0.717, 1.165) is 72.5 Å². The fourth-order valence-corrected chi connectivity index (χ4v) is 10.2. The summed E-state index contributed by atoms with van der Waals surface area (Å²) in [6, 6.07) is 7.57. The summed E-state index contributed by atoms with van der Waals surface area (Å²) in [6.45, 7) is 13.2. The van der Waals surface area contributed by atoms with E-state index in [1.807, 2.05) is 24.3 Å². The number of esters is 1. The number of benzene rings is 1. The van der Waals surface area contributed by atoms with Crippen molar-refractivity contribution in [1.29, 1.82) is 0 Å². The number of allylic oxidation sites excluding steroid dienone is 1. The highest BCUT2D eigenvalue weighted by molar-refractivity contribution is 5.69. The zero-order chi connectivity index (χ0) is 30.6. The predicted molar refractivity (Wildman–Crippen MR) is 177 cm³/mol. The van der Waals surface area contributed by atoms with Crippen molar-refractivity contribution < 1.29 is 14.3 Å². The van der Waals surface area contributed by atoms with Gasteiger partial charge in [-0.05, 0) is 128 Å². The largest absolute Gasteiger partial charge is 0.494 e. The first-order chi connectivity index (χ1) is 20.6. The van der Waals surface area contributed by atoms with Crippen LogP contribution in [0.4, 0.5) is 0 Å². The first kappa shape index (κ1) is 32.2. The molecule has 3 fully saturated rings. The maximum absolute atomic E-state index is 12.7. The molecule has 3 heteroatoms. The van der Waals surface area contributed by atoms with Crippen molar-refractivity contribution in [3.8, 4) is 18.1 Å². The molecule has 8 atom stereocenters. The Labute approximate surface area is 263 Å². The molecule has 0 spiro atoms. The number of terminal acetylenes is 1. The van der Waals surface area contributed by atoms with E-state index in [2.05, 4.69) is 46.6 Å². The average molecular weight is 587 g/mol. The summed E-state index contributed by atoms with van der Waals surface area (Å²) in [5.41, 5.74) is 3.28. The van der Waals surface area contributed by atoms with Crippen LogP contribution in [0.2, 0.25) is 0 Å². The highest BCUT2D eigenvalue weighted by Crippen LogP contribution is 2.67. The molecular weight excluding hydrogens is 528 g/mol. The van der Waals surface area contributed by atoms with Gasteiger partial charge >= 0.3 is 5.97 Å². The van der Waals surface area contributed by atoms with Gasteiger partial charge in [0.05, 0.1) is 6.61 Å². The highest BCUT2D eigenvalue weighted by Gasteiger charge is 2.59. The van der Waals surface area contributed by atoms with Crippen molar-refractivity contribution in [1.82, 2.24) is 0 Å². The highest BCUT2D eigenvalue weighted by atomic mass is 16.5. The van der Waals surface area contributed by atoms with Crippen LogP contribution in [0.5, 0.6) is 5.75 Å². The zero-order valence-electron chi connectivity index (χ0n) is 27.8. The molecule has 0 unspecified atom stereocenters. The number of unbranched alkanes of at least 4 members (excludes halogenated alkanes) is 1. The van der Waals surface area contributed by atoms with Crippen LogP contribution in [0.3, 0.4) is 0 Å². The lowest BCUT2D eigenvalue weighted by atomic mass is 9.47. The zero-order valence-corrected chi connectivity index (χ0v) is 27.8. The van der Waals surface area contributed by atoms with E-state index in [4.69, 9.17) is 15.9 Å². The Hall–Kier alpha value is -2.21. The van der Waals surface area contributed by atoms with E-state index in [0.29, 0.717) is 23.9 Å². The monoisotopic (exact) mass is 586 g/mol. The van der Waals surface area contributed by atoms with Crippen molar-refractivity contribution in [2.24, 2.45) is 46.3 Å². The lowest BCUT2D eigenvalue weighted by Gasteiger charge is -2.58. The Kier molecular flexibility index (Phi) is 10.4. The number of ether oxygens (including phenoxy) is 2. The number of fused-ring (bicyclic) bond motifs is 5. The van der Waals surface area contributed by atoms with Crippen LogP contribution >= 0.6 is 0 Å². The van der Waals surface area contributed by atoms with Gasteiger partial charge in [0, 0.05) is 18.4 Å². The number of carbonyl (C=O) groups excluding carboxylic acids is 1.